The quantitative estimate of drug-likeness (QED) is 0.835. The number of thioether (sulfide) groups is 1. The van der Waals surface area contributed by atoms with Gasteiger partial charge in [0.1, 0.15) is 0 Å². The second-order valence-electron chi connectivity index (χ2n) is 4.58. The minimum Gasteiger partial charge on any atom is -0.388 e. The summed E-state index contributed by atoms with van der Waals surface area (Å²) in [4.78, 5) is 0. The van der Waals surface area contributed by atoms with Crippen molar-refractivity contribution in [2.24, 2.45) is 0 Å². The summed E-state index contributed by atoms with van der Waals surface area (Å²) in [6, 6.07) is 7.98. The van der Waals surface area contributed by atoms with Gasteiger partial charge in [0.2, 0.25) is 0 Å². The van der Waals surface area contributed by atoms with Gasteiger partial charge in [-0.2, -0.15) is 11.8 Å². The second-order valence-corrected chi connectivity index (χ2v) is 5.89. The molecule has 0 amide bonds. The van der Waals surface area contributed by atoms with Crippen LogP contribution in [-0.4, -0.2) is 29.3 Å². The van der Waals surface area contributed by atoms with Crippen LogP contribution in [0.15, 0.2) is 24.3 Å². The maximum atomic E-state index is 10.0. The summed E-state index contributed by atoms with van der Waals surface area (Å²) in [5, 5.41) is 14.1. The summed E-state index contributed by atoms with van der Waals surface area (Å²) in [6.45, 7) is 4.52. The molecule has 2 nitrogen and oxygen atoms in total. The Bertz CT molecular complexity index is 340. The number of halogens is 1. The summed E-state index contributed by atoms with van der Waals surface area (Å²) in [5.74, 6) is 0.730. The van der Waals surface area contributed by atoms with Crippen LogP contribution in [0.4, 0.5) is 0 Å². The van der Waals surface area contributed by atoms with Gasteiger partial charge in [-0.1, -0.05) is 23.7 Å². The van der Waals surface area contributed by atoms with Crippen LogP contribution in [0, 0.1) is 0 Å². The molecular formula is C13H20ClNOS. The van der Waals surface area contributed by atoms with Gasteiger partial charge in [-0.05, 0) is 37.8 Å². The van der Waals surface area contributed by atoms with Crippen LogP contribution < -0.4 is 5.32 Å². The van der Waals surface area contributed by atoms with E-state index < -0.39 is 5.60 Å². The molecular weight excluding hydrogens is 254 g/mol. The molecule has 0 fully saturated rings. The molecule has 0 saturated carbocycles. The van der Waals surface area contributed by atoms with Gasteiger partial charge in [0, 0.05) is 23.4 Å². The zero-order valence-corrected chi connectivity index (χ0v) is 12.1. The van der Waals surface area contributed by atoms with Gasteiger partial charge >= 0.3 is 0 Å². The van der Waals surface area contributed by atoms with Crippen molar-refractivity contribution in [3.8, 4) is 0 Å². The fourth-order valence-electron chi connectivity index (χ4n) is 1.60. The largest absolute Gasteiger partial charge is 0.388 e. The first-order valence-electron chi connectivity index (χ1n) is 5.65. The molecule has 2 N–H and O–H groups in total. The highest BCUT2D eigenvalue weighted by Crippen LogP contribution is 2.17. The van der Waals surface area contributed by atoms with Crippen LogP contribution in [0.2, 0.25) is 5.02 Å². The molecule has 0 bridgehead atoms. The lowest BCUT2D eigenvalue weighted by Crippen LogP contribution is -2.40. The second kappa shape index (κ2) is 6.64. The van der Waals surface area contributed by atoms with Crippen molar-refractivity contribution in [2.45, 2.75) is 25.5 Å². The number of benzene rings is 1. The number of aliphatic hydroxyl groups is 1. The highest BCUT2D eigenvalue weighted by Gasteiger charge is 2.20. The molecule has 0 spiro atoms. The maximum Gasteiger partial charge on any atom is 0.0833 e. The average molecular weight is 274 g/mol. The van der Waals surface area contributed by atoms with E-state index in [4.69, 9.17) is 11.6 Å². The predicted molar refractivity (Wildman–Crippen MR) is 76.9 cm³/mol. The van der Waals surface area contributed by atoms with Crippen molar-refractivity contribution in [1.82, 2.24) is 5.32 Å². The molecule has 4 heteroatoms. The monoisotopic (exact) mass is 273 g/mol. The summed E-state index contributed by atoms with van der Waals surface area (Å²) in [6.07, 6.45) is 2.00. The molecule has 0 radical (unpaired) electrons. The van der Waals surface area contributed by atoms with Crippen molar-refractivity contribution in [3.63, 3.8) is 0 Å². The Hall–Kier alpha value is -0.220. The van der Waals surface area contributed by atoms with Crippen LogP contribution in [0.5, 0.6) is 0 Å². The molecule has 17 heavy (non-hydrogen) atoms. The zero-order valence-electron chi connectivity index (χ0n) is 10.5. The lowest BCUT2D eigenvalue weighted by Gasteiger charge is -2.25. The van der Waals surface area contributed by atoms with E-state index in [1.807, 2.05) is 37.4 Å². The Balaban J connectivity index is 2.49. The van der Waals surface area contributed by atoms with Crippen molar-refractivity contribution in [3.05, 3.63) is 34.9 Å². The molecule has 0 aliphatic rings. The van der Waals surface area contributed by atoms with Gasteiger partial charge in [0.25, 0.3) is 0 Å². The van der Waals surface area contributed by atoms with Gasteiger partial charge < -0.3 is 10.4 Å². The SMILES string of the molecule is CSCC(C)(O)CNC(C)c1ccc(Cl)cc1. The lowest BCUT2D eigenvalue weighted by molar-refractivity contribution is 0.0821. The highest BCUT2D eigenvalue weighted by molar-refractivity contribution is 7.98. The van der Waals surface area contributed by atoms with Crippen molar-refractivity contribution in [1.29, 1.82) is 0 Å². The number of rotatable bonds is 6. The molecule has 0 heterocycles. The van der Waals surface area contributed by atoms with E-state index in [1.54, 1.807) is 11.8 Å². The Kier molecular flexibility index (Phi) is 5.80. The van der Waals surface area contributed by atoms with E-state index >= 15 is 0 Å². The normalized spacial score (nSPS) is 16.5. The van der Waals surface area contributed by atoms with Crippen LogP contribution >= 0.6 is 23.4 Å². The average Bonchev–Trinajstić information content (AvgIpc) is 2.27. The summed E-state index contributed by atoms with van der Waals surface area (Å²) >= 11 is 7.49. The van der Waals surface area contributed by atoms with Crippen molar-refractivity contribution >= 4 is 23.4 Å². The molecule has 2 atom stereocenters. The van der Waals surface area contributed by atoms with Gasteiger partial charge in [0.05, 0.1) is 5.60 Å². The van der Waals surface area contributed by atoms with Gasteiger partial charge in [-0.3, -0.25) is 0 Å². The van der Waals surface area contributed by atoms with Crippen LogP contribution in [0.1, 0.15) is 25.5 Å². The molecule has 2 unspecified atom stereocenters. The van der Waals surface area contributed by atoms with E-state index in [-0.39, 0.29) is 6.04 Å². The van der Waals surface area contributed by atoms with E-state index in [2.05, 4.69) is 12.2 Å². The third-order valence-corrected chi connectivity index (χ3v) is 3.78. The zero-order chi connectivity index (χ0) is 12.9. The van der Waals surface area contributed by atoms with E-state index in [0.717, 1.165) is 10.8 Å². The number of hydrogen-bond donors (Lipinski definition) is 2. The summed E-state index contributed by atoms with van der Waals surface area (Å²) < 4.78 is 0. The van der Waals surface area contributed by atoms with Crippen LogP contribution in [0.3, 0.4) is 0 Å². The fraction of sp³-hybridized carbons (Fsp3) is 0.538. The van der Waals surface area contributed by atoms with Gasteiger partial charge in [-0.25, -0.2) is 0 Å². The molecule has 1 rings (SSSR count). The minimum atomic E-state index is -0.667. The van der Waals surface area contributed by atoms with E-state index in [9.17, 15) is 5.11 Å². The summed E-state index contributed by atoms with van der Waals surface area (Å²) in [5.41, 5.74) is 0.509. The smallest absolute Gasteiger partial charge is 0.0833 e. The van der Waals surface area contributed by atoms with Gasteiger partial charge in [-0.15, -0.1) is 0 Å². The first-order valence-corrected chi connectivity index (χ1v) is 7.42. The number of nitrogens with one attached hydrogen (secondary N) is 1. The molecule has 0 saturated heterocycles. The van der Waals surface area contributed by atoms with E-state index in [0.29, 0.717) is 6.54 Å². The molecule has 0 aliphatic carbocycles. The first-order chi connectivity index (χ1) is 7.94. The van der Waals surface area contributed by atoms with Crippen molar-refractivity contribution in [2.75, 3.05) is 18.6 Å². The molecule has 0 aliphatic heterocycles. The van der Waals surface area contributed by atoms with E-state index in [1.165, 1.54) is 5.56 Å². The Morgan fingerprint density at radius 1 is 1.41 bits per heavy atom. The Labute approximate surface area is 113 Å². The van der Waals surface area contributed by atoms with Crippen LogP contribution in [0.25, 0.3) is 0 Å². The molecule has 1 aromatic rings. The standard InChI is InChI=1S/C13H20ClNOS/c1-10(11-4-6-12(14)7-5-11)15-8-13(2,16)9-17-3/h4-7,10,15-16H,8-9H2,1-3H3. The Morgan fingerprint density at radius 3 is 2.53 bits per heavy atom. The predicted octanol–water partition coefficient (Wildman–Crippen LogP) is 3.10. The number of hydrogen-bond acceptors (Lipinski definition) is 3. The first kappa shape index (κ1) is 14.8. The lowest BCUT2D eigenvalue weighted by atomic mass is 10.1. The third-order valence-electron chi connectivity index (χ3n) is 2.61. The fourth-order valence-corrected chi connectivity index (χ4v) is 2.45. The maximum absolute atomic E-state index is 10.0. The molecule has 0 aromatic heterocycles. The highest BCUT2D eigenvalue weighted by atomic mass is 35.5. The molecule has 96 valence electrons. The third kappa shape index (κ3) is 5.30. The van der Waals surface area contributed by atoms with Crippen LogP contribution in [-0.2, 0) is 0 Å². The van der Waals surface area contributed by atoms with Gasteiger partial charge in [0.15, 0.2) is 0 Å². The topological polar surface area (TPSA) is 32.3 Å². The molecule has 1 aromatic carbocycles. The summed E-state index contributed by atoms with van der Waals surface area (Å²) in [7, 11) is 0. The van der Waals surface area contributed by atoms with Crippen molar-refractivity contribution < 1.29 is 5.11 Å². The minimum absolute atomic E-state index is 0.209. The Morgan fingerprint density at radius 2 is 2.00 bits per heavy atom.